The fourth-order valence-corrected chi connectivity index (χ4v) is 2.57. The SMILES string of the molecule is O=C(NCCc1ccc[nH]1)c1cc(Br)cnc1C1CC1. The minimum atomic E-state index is -0.0349. The van der Waals surface area contributed by atoms with Crippen LogP contribution in [0.2, 0.25) is 0 Å². The molecular weight excluding hydrogens is 318 g/mol. The summed E-state index contributed by atoms with van der Waals surface area (Å²) in [7, 11) is 0. The van der Waals surface area contributed by atoms with E-state index >= 15 is 0 Å². The highest BCUT2D eigenvalue weighted by Gasteiger charge is 2.29. The summed E-state index contributed by atoms with van der Waals surface area (Å²) >= 11 is 3.39. The van der Waals surface area contributed by atoms with Crippen LogP contribution < -0.4 is 5.32 Å². The molecule has 1 amide bonds. The number of hydrogen-bond acceptors (Lipinski definition) is 2. The van der Waals surface area contributed by atoms with E-state index < -0.39 is 0 Å². The second kappa shape index (κ2) is 5.79. The largest absolute Gasteiger partial charge is 0.365 e. The molecule has 0 aliphatic heterocycles. The van der Waals surface area contributed by atoms with Crippen LogP contribution in [0.5, 0.6) is 0 Å². The predicted octanol–water partition coefficient (Wildman–Crippen LogP) is 3.02. The van der Waals surface area contributed by atoms with Crippen LogP contribution >= 0.6 is 15.9 Å². The van der Waals surface area contributed by atoms with Crippen LogP contribution in [0.3, 0.4) is 0 Å². The molecule has 0 unspecified atom stereocenters. The monoisotopic (exact) mass is 333 g/mol. The van der Waals surface area contributed by atoms with Crippen molar-refractivity contribution in [3.8, 4) is 0 Å². The quantitative estimate of drug-likeness (QED) is 0.883. The molecule has 2 N–H and O–H groups in total. The van der Waals surface area contributed by atoms with Crippen molar-refractivity contribution in [3.05, 3.63) is 52.0 Å². The van der Waals surface area contributed by atoms with Gasteiger partial charge >= 0.3 is 0 Å². The van der Waals surface area contributed by atoms with Crippen molar-refractivity contribution < 1.29 is 4.79 Å². The molecular formula is C15H16BrN3O. The fourth-order valence-electron chi connectivity index (χ4n) is 2.24. The number of nitrogens with one attached hydrogen (secondary N) is 2. The van der Waals surface area contributed by atoms with Crippen molar-refractivity contribution >= 4 is 21.8 Å². The van der Waals surface area contributed by atoms with Crippen LogP contribution in [0.25, 0.3) is 0 Å². The Bertz CT molecular complexity index is 606. The summed E-state index contributed by atoms with van der Waals surface area (Å²) in [5.41, 5.74) is 2.76. The summed E-state index contributed by atoms with van der Waals surface area (Å²) < 4.78 is 0.844. The Morgan fingerprint density at radius 1 is 1.50 bits per heavy atom. The summed E-state index contributed by atoms with van der Waals surface area (Å²) in [6, 6.07) is 5.84. The maximum atomic E-state index is 12.3. The molecule has 2 heterocycles. The second-order valence-electron chi connectivity index (χ2n) is 5.06. The first-order chi connectivity index (χ1) is 9.74. The number of aromatic amines is 1. The number of halogens is 1. The van der Waals surface area contributed by atoms with E-state index in [1.807, 2.05) is 24.4 Å². The Hall–Kier alpha value is -1.62. The van der Waals surface area contributed by atoms with E-state index in [0.29, 0.717) is 18.0 Å². The second-order valence-corrected chi connectivity index (χ2v) is 5.98. The number of nitrogens with zero attached hydrogens (tertiary/aromatic N) is 1. The summed E-state index contributed by atoms with van der Waals surface area (Å²) in [5.74, 6) is 0.430. The molecule has 1 fully saturated rings. The normalized spacial score (nSPS) is 14.2. The van der Waals surface area contributed by atoms with Gasteiger partial charge in [0.2, 0.25) is 0 Å². The van der Waals surface area contributed by atoms with Gasteiger partial charge in [-0.25, -0.2) is 0 Å². The average molecular weight is 334 g/mol. The van der Waals surface area contributed by atoms with Gasteiger partial charge in [0.05, 0.1) is 11.3 Å². The molecule has 104 valence electrons. The summed E-state index contributed by atoms with van der Waals surface area (Å²) in [4.78, 5) is 19.8. The highest BCUT2D eigenvalue weighted by molar-refractivity contribution is 9.10. The molecule has 4 nitrogen and oxygen atoms in total. The topological polar surface area (TPSA) is 57.8 Å². The molecule has 0 radical (unpaired) electrons. The predicted molar refractivity (Wildman–Crippen MR) is 80.7 cm³/mol. The lowest BCUT2D eigenvalue weighted by molar-refractivity contribution is 0.0952. The fraction of sp³-hybridized carbons (Fsp3) is 0.333. The molecule has 1 saturated carbocycles. The molecule has 20 heavy (non-hydrogen) atoms. The van der Waals surface area contributed by atoms with Crippen molar-refractivity contribution in [3.63, 3.8) is 0 Å². The average Bonchev–Trinajstić information content (AvgIpc) is 3.15. The van der Waals surface area contributed by atoms with E-state index in [2.05, 4.69) is 31.2 Å². The first-order valence-electron chi connectivity index (χ1n) is 6.80. The van der Waals surface area contributed by atoms with Crippen LogP contribution in [0.1, 0.15) is 40.5 Å². The van der Waals surface area contributed by atoms with Gasteiger partial charge in [0.25, 0.3) is 5.91 Å². The third-order valence-electron chi connectivity index (χ3n) is 3.44. The Labute approximate surface area is 126 Å². The molecule has 0 bridgehead atoms. The Morgan fingerprint density at radius 3 is 3.05 bits per heavy atom. The first kappa shape index (κ1) is 13.4. The maximum absolute atomic E-state index is 12.3. The number of carbonyl (C=O) groups is 1. The Balaban J connectivity index is 1.65. The van der Waals surface area contributed by atoms with Crippen molar-refractivity contribution in [1.82, 2.24) is 15.3 Å². The molecule has 0 aromatic carbocycles. The van der Waals surface area contributed by atoms with E-state index in [1.165, 1.54) is 0 Å². The van der Waals surface area contributed by atoms with Crippen molar-refractivity contribution in [2.24, 2.45) is 0 Å². The number of hydrogen-bond donors (Lipinski definition) is 2. The molecule has 3 rings (SSSR count). The van der Waals surface area contributed by atoms with E-state index in [0.717, 1.165) is 35.1 Å². The lowest BCUT2D eigenvalue weighted by Crippen LogP contribution is -2.27. The van der Waals surface area contributed by atoms with Gasteiger partial charge in [-0.15, -0.1) is 0 Å². The molecule has 2 aromatic heterocycles. The van der Waals surface area contributed by atoms with Gasteiger partial charge in [-0.1, -0.05) is 0 Å². The molecule has 5 heteroatoms. The lowest BCUT2D eigenvalue weighted by Gasteiger charge is -2.09. The molecule has 0 spiro atoms. The van der Waals surface area contributed by atoms with E-state index in [9.17, 15) is 4.79 Å². The van der Waals surface area contributed by atoms with Crippen LogP contribution in [-0.2, 0) is 6.42 Å². The highest BCUT2D eigenvalue weighted by Crippen LogP contribution is 2.40. The van der Waals surface area contributed by atoms with Crippen LogP contribution in [0, 0.1) is 0 Å². The Morgan fingerprint density at radius 2 is 2.35 bits per heavy atom. The maximum Gasteiger partial charge on any atom is 0.253 e. The van der Waals surface area contributed by atoms with Gasteiger partial charge in [0.1, 0.15) is 0 Å². The van der Waals surface area contributed by atoms with Gasteiger partial charge in [0, 0.05) is 41.4 Å². The van der Waals surface area contributed by atoms with Gasteiger partial charge in [0.15, 0.2) is 0 Å². The molecule has 0 saturated heterocycles. The zero-order valence-corrected chi connectivity index (χ0v) is 12.6. The molecule has 2 aromatic rings. The van der Waals surface area contributed by atoms with E-state index in [4.69, 9.17) is 0 Å². The number of aromatic nitrogens is 2. The van der Waals surface area contributed by atoms with Gasteiger partial charge in [-0.2, -0.15) is 0 Å². The molecule has 1 aliphatic carbocycles. The van der Waals surface area contributed by atoms with E-state index in [-0.39, 0.29) is 5.91 Å². The minimum absolute atomic E-state index is 0.0349. The van der Waals surface area contributed by atoms with Crippen LogP contribution in [0.4, 0.5) is 0 Å². The standard InChI is InChI=1S/C15H16BrN3O/c16-11-8-13(14(19-9-11)10-3-4-10)15(20)18-7-5-12-2-1-6-17-12/h1-2,6,8-10,17H,3-5,7H2,(H,18,20). The van der Waals surface area contributed by atoms with Crippen LogP contribution in [0.15, 0.2) is 35.1 Å². The van der Waals surface area contributed by atoms with Crippen molar-refractivity contribution in [2.45, 2.75) is 25.2 Å². The first-order valence-corrected chi connectivity index (χ1v) is 7.59. The zero-order valence-electron chi connectivity index (χ0n) is 11.0. The number of rotatable bonds is 5. The highest BCUT2D eigenvalue weighted by atomic mass is 79.9. The summed E-state index contributed by atoms with van der Waals surface area (Å²) in [6.45, 7) is 0.621. The third-order valence-corrected chi connectivity index (χ3v) is 3.87. The van der Waals surface area contributed by atoms with Gasteiger partial charge in [-0.05, 0) is 47.0 Å². The Kier molecular flexibility index (Phi) is 3.87. The minimum Gasteiger partial charge on any atom is -0.365 e. The zero-order chi connectivity index (χ0) is 13.9. The van der Waals surface area contributed by atoms with Gasteiger partial charge < -0.3 is 10.3 Å². The number of pyridine rings is 1. The smallest absolute Gasteiger partial charge is 0.253 e. The van der Waals surface area contributed by atoms with Crippen LogP contribution in [-0.4, -0.2) is 22.4 Å². The number of carbonyl (C=O) groups excluding carboxylic acids is 1. The van der Waals surface area contributed by atoms with Crippen molar-refractivity contribution in [2.75, 3.05) is 6.54 Å². The number of amides is 1. The summed E-state index contributed by atoms with van der Waals surface area (Å²) in [5, 5.41) is 2.97. The van der Waals surface area contributed by atoms with Gasteiger partial charge in [-0.3, -0.25) is 9.78 Å². The lowest BCUT2D eigenvalue weighted by atomic mass is 10.1. The summed E-state index contributed by atoms with van der Waals surface area (Å²) in [6.07, 6.45) is 6.73. The third kappa shape index (κ3) is 3.10. The van der Waals surface area contributed by atoms with E-state index in [1.54, 1.807) is 6.20 Å². The molecule has 0 atom stereocenters. The molecule has 1 aliphatic rings. The van der Waals surface area contributed by atoms with Crippen molar-refractivity contribution in [1.29, 1.82) is 0 Å². The number of H-pyrrole nitrogens is 1.